The number of halogens is 3. The van der Waals surface area contributed by atoms with Crippen LogP contribution in [-0.2, 0) is 0 Å². The summed E-state index contributed by atoms with van der Waals surface area (Å²) in [6.45, 7) is 0. The van der Waals surface area contributed by atoms with Gasteiger partial charge in [0.15, 0.2) is 5.76 Å². The van der Waals surface area contributed by atoms with Crippen molar-refractivity contribution in [3.8, 4) is 17.1 Å². The molecule has 128 valence electrons. The fraction of sp³-hybridized carbons (Fsp3) is 0.0556. The fourth-order valence-corrected chi connectivity index (χ4v) is 2.87. The number of methoxy groups -OCH3 is 1. The molecule has 0 unspecified atom stereocenters. The van der Waals surface area contributed by atoms with Gasteiger partial charge in [-0.05, 0) is 48.5 Å². The van der Waals surface area contributed by atoms with Gasteiger partial charge < -0.3 is 14.5 Å². The number of rotatable bonds is 4. The Labute approximate surface area is 159 Å². The summed E-state index contributed by atoms with van der Waals surface area (Å²) in [7, 11) is 1.52. The zero-order valence-corrected chi connectivity index (χ0v) is 15.2. The van der Waals surface area contributed by atoms with E-state index >= 15 is 0 Å². The Hall–Kier alpha value is -2.14. The lowest BCUT2D eigenvalue weighted by atomic mass is 10.2. The second-order valence-corrected chi connectivity index (χ2v) is 6.34. The first-order valence-electron chi connectivity index (χ1n) is 7.18. The molecule has 0 saturated heterocycles. The van der Waals surface area contributed by atoms with E-state index in [-0.39, 0.29) is 5.76 Å². The Morgan fingerprint density at radius 1 is 1.00 bits per heavy atom. The molecule has 0 aliphatic rings. The number of hydrogen-bond donors (Lipinski definition) is 1. The maximum Gasteiger partial charge on any atom is 0.291 e. The van der Waals surface area contributed by atoms with Crippen LogP contribution in [0.15, 0.2) is 52.9 Å². The summed E-state index contributed by atoms with van der Waals surface area (Å²) in [6.07, 6.45) is 0. The second kappa shape index (κ2) is 7.40. The molecule has 1 amide bonds. The number of nitrogens with one attached hydrogen (secondary N) is 1. The number of carbonyl (C=O) groups excluding carboxylic acids is 1. The highest BCUT2D eigenvalue weighted by molar-refractivity contribution is 6.35. The van der Waals surface area contributed by atoms with E-state index in [2.05, 4.69) is 5.32 Å². The van der Waals surface area contributed by atoms with Crippen LogP contribution in [0.2, 0.25) is 15.1 Å². The first-order valence-corrected chi connectivity index (χ1v) is 8.31. The van der Waals surface area contributed by atoms with E-state index in [1.54, 1.807) is 48.5 Å². The van der Waals surface area contributed by atoms with Gasteiger partial charge in [-0.2, -0.15) is 0 Å². The third-order valence-corrected chi connectivity index (χ3v) is 4.29. The van der Waals surface area contributed by atoms with E-state index in [0.29, 0.717) is 37.8 Å². The van der Waals surface area contributed by atoms with Gasteiger partial charge >= 0.3 is 0 Å². The monoisotopic (exact) mass is 395 g/mol. The molecule has 0 radical (unpaired) electrons. The minimum absolute atomic E-state index is 0.137. The van der Waals surface area contributed by atoms with Crippen molar-refractivity contribution in [2.45, 2.75) is 0 Å². The quantitative estimate of drug-likeness (QED) is 0.574. The predicted molar refractivity (Wildman–Crippen MR) is 100 cm³/mol. The van der Waals surface area contributed by atoms with Gasteiger partial charge in [0.1, 0.15) is 11.5 Å². The molecule has 0 atom stereocenters. The number of furan rings is 1. The predicted octanol–water partition coefficient (Wildman–Crippen LogP) is 6.17. The molecule has 1 heterocycles. The highest BCUT2D eigenvalue weighted by atomic mass is 35.5. The van der Waals surface area contributed by atoms with Crippen molar-refractivity contribution in [1.29, 1.82) is 0 Å². The van der Waals surface area contributed by atoms with E-state index < -0.39 is 5.91 Å². The minimum Gasteiger partial charge on any atom is -0.495 e. The smallest absolute Gasteiger partial charge is 0.291 e. The maximum atomic E-state index is 12.3. The molecule has 2 aromatic carbocycles. The third-order valence-electron chi connectivity index (χ3n) is 3.43. The Bertz CT molecular complexity index is 937. The van der Waals surface area contributed by atoms with Crippen molar-refractivity contribution in [3.05, 3.63) is 69.4 Å². The Balaban J connectivity index is 1.81. The molecule has 0 aliphatic heterocycles. The number of hydrogen-bond acceptors (Lipinski definition) is 3. The lowest BCUT2D eigenvalue weighted by Gasteiger charge is -2.07. The molecule has 3 rings (SSSR count). The van der Waals surface area contributed by atoms with Crippen LogP contribution >= 0.6 is 34.8 Å². The van der Waals surface area contributed by atoms with Gasteiger partial charge in [-0.25, -0.2) is 0 Å². The van der Waals surface area contributed by atoms with Crippen LogP contribution in [0.4, 0.5) is 5.69 Å². The molecule has 3 aromatic rings. The van der Waals surface area contributed by atoms with E-state index in [1.165, 1.54) is 7.11 Å². The van der Waals surface area contributed by atoms with Crippen LogP contribution in [0.1, 0.15) is 10.6 Å². The van der Waals surface area contributed by atoms with E-state index in [0.717, 1.165) is 0 Å². The average Bonchev–Trinajstić information content (AvgIpc) is 3.07. The Morgan fingerprint density at radius 2 is 1.80 bits per heavy atom. The van der Waals surface area contributed by atoms with Crippen molar-refractivity contribution in [2.75, 3.05) is 12.4 Å². The first-order chi connectivity index (χ1) is 12.0. The summed E-state index contributed by atoms with van der Waals surface area (Å²) in [4.78, 5) is 12.3. The number of amides is 1. The molecule has 1 N–H and O–H groups in total. The Kier molecular flexibility index (Phi) is 5.23. The second-order valence-electron chi connectivity index (χ2n) is 5.09. The van der Waals surface area contributed by atoms with Crippen LogP contribution in [0.5, 0.6) is 5.75 Å². The lowest BCUT2D eigenvalue weighted by Crippen LogP contribution is -2.10. The molecular formula is C18H12Cl3NO3. The summed E-state index contributed by atoms with van der Waals surface area (Å²) in [5.41, 5.74) is 1.13. The summed E-state index contributed by atoms with van der Waals surface area (Å²) in [6, 6.07) is 13.2. The van der Waals surface area contributed by atoms with Crippen molar-refractivity contribution in [3.63, 3.8) is 0 Å². The molecule has 0 aliphatic carbocycles. The van der Waals surface area contributed by atoms with Crippen LogP contribution in [0.3, 0.4) is 0 Å². The normalized spacial score (nSPS) is 10.6. The number of anilines is 1. The Morgan fingerprint density at radius 3 is 2.52 bits per heavy atom. The minimum atomic E-state index is -0.411. The average molecular weight is 397 g/mol. The van der Waals surface area contributed by atoms with Gasteiger partial charge in [0.2, 0.25) is 0 Å². The van der Waals surface area contributed by atoms with Gasteiger partial charge in [0.05, 0.1) is 17.2 Å². The summed E-state index contributed by atoms with van der Waals surface area (Å²) in [5.74, 6) is 0.699. The summed E-state index contributed by atoms with van der Waals surface area (Å²) < 4.78 is 10.7. The number of ether oxygens (including phenoxy) is 1. The number of benzene rings is 2. The van der Waals surface area contributed by atoms with Crippen molar-refractivity contribution in [2.24, 2.45) is 0 Å². The number of carbonyl (C=O) groups is 1. The van der Waals surface area contributed by atoms with Crippen LogP contribution in [0.25, 0.3) is 11.3 Å². The van der Waals surface area contributed by atoms with Crippen LogP contribution in [0, 0.1) is 0 Å². The lowest BCUT2D eigenvalue weighted by molar-refractivity contribution is 0.0997. The molecule has 0 fully saturated rings. The molecule has 0 spiro atoms. The van der Waals surface area contributed by atoms with E-state index in [1.807, 2.05) is 0 Å². The zero-order chi connectivity index (χ0) is 18.0. The van der Waals surface area contributed by atoms with Gasteiger partial charge in [0, 0.05) is 16.3 Å². The molecule has 0 bridgehead atoms. The maximum absolute atomic E-state index is 12.3. The van der Waals surface area contributed by atoms with Gasteiger partial charge in [-0.1, -0.05) is 34.8 Å². The van der Waals surface area contributed by atoms with Gasteiger partial charge in [-0.15, -0.1) is 0 Å². The van der Waals surface area contributed by atoms with Crippen molar-refractivity contribution < 1.29 is 13.9 Å². The third kappa shape index (κ3) is 3.93. The van der Waals surface area contributed by atoms with E-state index in [4.69, 9.17) is 44.0 Å². The fourth-order valence-electron chi connectivity index (χ4n) is 2.23. The highest BCUT2D eigenvalue weighted by Crippen LogP contribution is 2.32. The van der Waals surface area contributed by atoms with Crippen molar-refractivity contribution in [1.82, 2.24) is 0 Å². The highest BCUT2D eigenvalue weighted by Gasteiger charge is 2.15. The zero-order valence-electron chi connectivity index (χ0n) is 13.0. The largest absolute Gasteiger partial charge is 0.495 e. The summed E-state index contributed by atoms with van der Waals surface area (Å²) >= 11 is 18.2. The molecule has 25 heavy (non-hydrogen) atoms. The van der Waals surface area contributed by atoms with Crippen LogP contribution in [-0.4, -0.2) is 13.0 Å². The summed E-state index contributed by atoms with van der Waals surface area (Å²) in [5, 5.41) is 4.11. The molecular weight excluding hydrogens is 385 g/mol. The van der Waals surface area contributed by atoms with E-state index in [9.17, 15) is 4.79 Å². The first kappa shape index (κ1) is 17.7. The SMILES string of the molecule is COc1ccc(NC(=O)c2ccc(-c3cc(Cl)ccc3Cl)o2)cc1Cl. The molecule has 7 heteroatoms. The molecule has 4 nitrogen and oxygen atoms in total. The molecule has 1 aromatic heterocycles. The van der Waals surface area contributed by atoms with Crippen molar-refractivity contribution >= 4 is 46.4 Å². The molecule has 0 saturated carbocycles. The van der Waals surface area contributed by atoms with Gasteiger partial charge in [-0.3, -0.25) is 4.79 Å². The topological polar surface area (TPSA) is 51.5 Å². The standard InChI is InChI=1S/C18H12Cl3NO3/c1-24-16-5-3-11(9-14(16)21)22-18(23)17-7-6-15(25-17)12-8-10(19)2-4-13(12)20/h2-9H,1H3,(H,22,23). The van der Waals surface area contributed by atoms with Gasteiger partial charge in [0.25, 0.3) is 5.91 Å². The van der Waals surface area contributed by atoms with Crippen LogP contribution < -0.4 is 10.1 Å².